The molecule has 0 aliphatic carbocycles. The topological polar surface area (TPSA) is 68.0 Å². The predicted octanol–water partition coefficient (Wildman–Crippen LogP) is 1.64. The van der Waals surface area contributed by atoms with Gasteiger partial charge >= 0.3 is 0 Å². The van der Waals surface area contributed by atoms with Crippen molar-refractivity contribution in [1.29, 1.82) is 0 Å². The number of hydrogen-bond acceptors (Lipinski definition) is 3. The summed E-state index contributed by atoms with van der Waals surface area (Å²) >= 11 is 0. The molecule has 0 spiro atoms. The normalized spacial score (nSPS) is 14.1. The molecule has 1 amide bonds. The minimum absolute atomic E-state index is 0.124. The van der Waals surface area contributed by atoms with Crippen molar-refractivity contribution in [3.05, 3.63) is 29.6 Å². The summed E-state index contributed by atoms with van der Waals surface area (Å²) < 4.78 is 0. The third kappa shape index (κ3) is 3.53. The van der Waals surface area contributed by atoms with Crippen LogP contribution in [0, 0.1) is 6.92 Å². The van der Waals surface area contributed by atoms with E-state index in [0.29, 0.717) is 12.2 Å². The van der Waals surface area contributed by atoms with Gasteiger partial charge in [-0.3, -0.25) is 9.78 Å². The molecule has 4 heteroatoms. The second-order valence-electron chi connectivity index (χ2n) is 4.58. The van der Waals surface area contributed by atoms with Crippen LogP contribution in [0.5, 0.6) is 0 Å². The zero-order chi connectivity index (χ0) is 12.9. The molecule has 1 unspecified atom stereocenters. The van der Waals surface area contributed by atoms with E-state index in [9.17, 15) is 4.79 Å². The largest absolute Gasteiger partial charge is 0.346 e. The lowest BCUT2D eigenvalue weighted by atomic mass is 9.94. The molecular formula is C13H21N3O. The number of aromatic nitrogens is 1. The van der Waals surface area contributed by atoms with Crippen molar-refractivity contribution in [3.8, 4) is 0 Å². The van der Waals surface area contributed by atoms with Gasteiger partial charge in [0.1, 0.15) is 5.69 Å². The third-order valence-corrected chi connectivity index (χ3v) is 3.12. The van der Waals surface area contributed by atoms with E-state index in [1.165, 1.54) is 0 Å². The van der Waals surface area contributed by atoms with E-state index in [1.807, 2.05) is 32.9 Å². The van der Waals surface area contributed by atoms with Crippen molar-refractivity contribution in [1.82, 2.24) is 10.3 Å². The molecule has 1 heterocycles. The van der Waals surface area contributed by atoms with Gasteiger partial charge in [-0.25, -0.2) is 0 Å². The molecule has 0 radical (unpaired) electrons. The summed E-state index contributed by atoms with van der Waals surface area (Å²) in [4.78, 5) is 16.2. The fourth-order valence-corrected chi connectivity index (χ4v) is 1.70. The third-order valence-electron chi connectivity index (χ3n) is 3.12. The monoisotopic (exact) mass is 235 g/mol. The predicted molar refractivity (Wildman–Crippen MR) is 68.8 cm³/mol. The number of carbonyl (C=O) groups excluding carboxylic acids is 1. The number of rotatable bonds is 5. The van der Waals surface area contributed by atoms with Gasteiger partial charge in [-0.05, 0) is 44.9 Å². The highest BCUT2D eigenvalue weighted by Crippen LogP contribution is 2.15. The van der Waals surface area contributed by atoms with E-state index in [0.717, 1.165) is 18.4 Å². The first-order valence-electron chi connectivity index (χ1n) is 5.96. The molecule has 0 aromatic carbocycles. The van der Waals surface area contributed by atoms with E-state index in [4.69, 9.17) is 5.73 Å². The fraction of sp³-hybridized carbons (Fsp3) is 0.538. The average molecular weight is 235 g/mol. The zero-order valence-corrected chi connectivity index (χ0v) is 10.8. The van der Waals surface area contributed by atoms with Crippen LogP contribution in [0.25, 0.3) is 0 Å². The van der Waals surface area contributed by atoms with Crippen LogP contribution in [-0.4, -0.2) is 23.0 Å². The van der Waals surface area contributed by atoms with Gasteiger partial charge in [0.15, 0.2) is 0 Å². The number of amides is 1. The van der Waals surface area contributed by atoms with Crippen molar-refractivity contribution in [2.75, 3.05) is 6.54 Å². The molecule has 1 atom stereocenters. The molecule has 1 rings (SSSR count). The Bertz CT molecular complexity index is 392. The maximum atomic E-state index is 12.1. The number of pyridine rings is 1. The molecule has 3 N–H and O–H groups in total. The lowest BCUT2D eigenvalue weighted by Crippen LogP contribution is -2.47. The molecule has 0 saturated carbocycles. The second-order valence-corrected chi connectivity index (χ2v) is 4.58. The lowest BCUT2D eigenvalue weighted by Gasteiger charge is -2.29. The standard InChI is InChI=1S/C13H21N3O/c1-4-13(3,7-8-14)16-12(17)11-10(2)6-5-9-15-11/h5-6,9H,4,7-8,14H2,1-3H3,(H,16,17). The van der Waals surface area contributed by atoms with Crippen LogP contribution in [0.2, 0.25) is 0 Å². The van der Waals surface area contributed by atoms with E-state index in [2.05, 4.69) is 10.3 Å². The van der Waals surface area contributed by atoms with Crippen LogP contribution in [0.1, 0.15) is 42.7 Å². The molecule has 0 fully saturated rings. The van der Waals surface area contributed by atoms with E-state index in [-0.39, 0.29) is 11.4 Å². The fourth-order valence-electron chi connectivity index (χ4n) is 1.70. The summed E-state index contributed by atoms with van der Waals surface area (Å²) in [5.74, 6) is -0.124. The summed E-state index contributed by atoms with van der Waals surface area (Å²) in [6.45, 7) is 6.50. The maximum Gasteiger partial charge on any atom is 0.270 e. The summed E-state index contributed by atoms with van der Waals surface area (Å²) in [6.07, 6.45) is 3.25. The van der Waals surface area contributed by atoms with E-state index < -0.39 is 0 Å². The highest BCUT2D eigenvalue weighted by Gasteiger charge is 2.24. The summed E-state index contributed by atoms with van der Waals surface area (Å²) in [5, 5.41) is 3.02. The zero-order valence-electron chi connectivity index (χ0n) is 10.8. The van der Waals surface area contributed by atoms with Gasteiger partial charge in [-0.1, -0.05) is 13.0 Å². The molecule has 94 valence electrons. The molecule has 1 aromatic rings. The number of hydrogen-bond donors (Lipinski definition) is 2. The second kappa shape index (κ2) is 5.77. The molecule has 17 heavy (non-hydrogen) atoms. The van der Waals surface area contributed by atoms with Crippen molar-refractivity contribution in [3.63, 3.8) is 0 Å². The minimum atomic E-state index is -0.254. The number of carbonyl (C=O) groups is 1. The Kier molecular flexibility index (Phi) is 4.63. The summed E-state index contributed by atoms with van der Waals surface area (Å²) in [6, 6.07) is 3.71. The summed E-state index contributed by atoms with van der Waals surface area (Å²) in [5.41, 5.74) is 6.69. The van der Waals surface area contributed by atoms with Crippen LogP contribution in [0.4, 0.5) is 0 Å². The van der Waals surface area contributed by atoms with Crippen molar-refractivity contribution in [2.45, 2.75) is 39.2 Å². The first-order valence-corrected chi connectivity index (χ1v) is 5.96. The molecular weight excluding hydrogens is 214 g/mol. The number of nitrogens with zero attached hydrogens (tertiary/aromatic N) is 1. The Balaban J connectivity index is 2.82. The molecule has 0 aliphatic rings. The number of nitrogens with two attached hydrogens (primary N) is 1. The Labute approximate surface area is 103 Å². The quantitative estimate of drug-likeness (QED) is 0.815. The average Bonchev–Trinajstić information content (AvgIpc) is 2.29. The highest BCUT2D eigenvalue weighted by atomic mass is 16.2. The Morgan fingerprint density at radius 3 is 2.82 bits per heavy atom. The van der Waals surface area contributed by atoms with Crippen LogP contribution < -0.4 is 11.1 Å². The van der Waals surface area contributed by atoms with Crippen LogP contribution >= 0.6 is 0 Å². The van der Waals surface area contributed by atoms with Gasteiger partial charge in [0.25, 0.3) is 5.91 Å². The van der Waals surface area contributed by atoms with Gasteiger partial charge in [-0.15, -0.1) is 0 Å². The van der Waals surface area contributed by atoms with E-state index in [1.54, 1.807) is 6.20 Å². The van der Waals surface area contributed by atoms with Gasteiger partial charge < -0.3 is 11.1 Å². The SMILES string of the molecule is CCC(C)(CCN)NC(=O)c1ncccc1C. The van der Waals surface area contributed by atoms with Crippen LogP contribution in [0.3, 0.4) is 0 Å². The molecule has 0 bridgehead atoms. The van der Waals surface area contributed by atoms with Crippen molar-refractivity contribution >= 4 is 5.91 Å². The number of aryl methyl sites for hydroxylation is 1. The summed E-state index contributed by atoms with van der Waals surface area (Å²) in [7, 11) is 0. The smallest absolute Gasteiger partial charge is 0.270 e. The van der Waals surface area contributed by atoms with Crippen LogP contribution in [0.15, 0.2) is 18.3 Å². The molecule has 1 aromatic heterocycles. The number of nitrogens with one attached hydrogen (secondary N) is 1. The molecule has 0 saturated heterocycles. The Hall–Kier alpha value is -1.42. The minimum Gasteiger partial charge on any atom is -0.346 e. The maximum absolute atomic E-state index is 12.1. The Morgan fingerprint density at radius 1 is 1.59 bits per heavy atom. The molecule has 4 nitrogen and oxygen atoms in total. The van der Waals surface area contributed by atoms with E-state index >= 15 is 0 Å². The van der Waals surface area contributed by atoms with Crippen LogP contribution in [-0.2, 0) is 0 Å². The first kappa shape index (κ1) is 13.6. The first-order chi connectivity index (χ1) is 8.02. The van der Waals surface area contributed by atoms with Gasteiger partial charge in [0.05, 0.1) is 0 Å². The van der Waals surface area contributed by atoms with Crippen molar-refractivity contribution in [2.24, 2.45) is 5.73 Å². The Morgan fingerprint density at radius 2 is 2.29 bits per heavy atom. The van der Waals surface area contributed by atoms with Gasteiger partial charge in [0, 0.05) is 11.7 Å². The highest BCUT2D eigenvalue weighted by molar-refractivity contribution is 5.94. The lowest BCUT2D eigenvalue weighted by molar-refractivity contribution is 0.0894. The molecule has 0 aliphatic heterocycles. The van der Waals surface area contributed by atoms with Crippen molar-refractivity contribution < 1.29 is 4.79 Å². The van der Waals surface area contributed by atoms with Gasteiger partial charge in [-0.2, -0.15) is 0 Å². The van der Waals surface area contributed by atoms with Gasteiger partial charge in [0.2, 0.25) is 0 Å².